The van der Waals surface area contributed by atoms with E-state index < -0.39 is 12.0 Å². The summed E-state index contributed by atoms with van der Waals surface area (Å²) in [6.07, 6.45) is 5.11. The molecule has 0 unspecified atom stereocenters. The number of rotatable bonds is 8. The molecule has 1 aliphatic heterocycles. The van der Waals surface area contributed by atoms with E-state index in [0.29, 0.717) is 13.0 Å². The molecule has 1 atom stereocenters. The second-order valence-electron chi connectivity index (χ2n) is 5.30. The largest absolute Gasteiger partial charge is 0.480 e. The van der Waals surface area contributed by atoms with Crippen LogP contribution in [0.25, 0.3) is 0 Å². The van der Waals surface area contributed by atoms with E-state index in [0.717, 1.165) is 38.1 Å². The quantitative estimate of drug-likeness (QED) is 0.630. The van der Waals surface area contributed by atoms with E-state index in [-0.39, 0.29) is 12.1 Å². The lowest BCUT2D eigenvalue weighted by Gasteiger charge is -2.35. The van der Waals surface area contributed by atoms with Crippen molar-refractivity contribution in [2.45, 2.75) is 44.7 Å². The first kappa shape index (κ1) is 18.1. The van der Waals surface area contributed by atoms with Crippen LogP contribution in [-0.4, -0.2) is 65.7 Å². The molecule has 2 amide bonds. The molecule has 0 bridgehead atoms. The molecule has 6 nitrogen and oxygen atoms in total. The molecule has 0 aliphatic carbocycles. The number of aliphatic carboxylic acids is 1. The smallest absolute Gasteiger partial charge is 0.326 e. The summed E-state index contributed by atoms with van der Waals surface area (Å²) in [5.41, 5.74) is 0. The van der Waals surface area contributed by atoms with Crippen LogP contribution in [-0.2, 0) is 4.79 Å². The Kier molecular flexibility index (Phi) is 8.52. The molecular weight excluding hydrogens is 290 g/mol. The van der Waals surface area contributed by atoms with E-state index in [4.69, 9.17) is 0 Å². The summed E-state index contributed by atoms with van der Waals surface area (Å²) in [5.74, 6) is -0.239. The summed E-state index contributed by atoms with van der Waals surface area (Å²) in [6.45, 7) is 4.52. The summed E-state index contributed by atoms with van der Waals surface area (Å²) in [6, 6.07) is -0.829. The normalized spacial score (nSPS) is 17.2. The summed E-state index contributed by atoms with van der Waals surface area (Å²) < 4.78 is 0. The lowest BCUT2D eigenvalue weighted by Crippen LogP contribution is -2.53. The molecule has 0 aromatic carbocycles. The molecule has 1 heterocycles. The lowest BCUT2D eigenvalue weighted by atomic mass is 10.0. The Bertz CT molecular complexity index is 335. The minimum atomic E-state index is -0.959. The summed E-state index contributed by atoms with van der Waals surface area (Å²) >= 11 is 1.58. The summed E-state index contributed by atoms with van der Waals surface area (Å²) in [7, 11) is 0. The predicted octanol–water partition coefficient (Wildman–Crippen LogP) is 1.37. The first-order valence-corrected chi connectivity index (χ1v) is 8.99. The van der Waals surface area contributed by atoms with E-state index in [1.165, 1.54) is 0 Å². The van der Waals surface area contributed by atoms with E-state index in [2.05, 4.69) is 10.6 Å². The average Bonchev–Trinajstić information content (AvgIpc) is 2.49. The predicted molar refractivity (Wildman–Crippen MR) is 85.8 cm³/mol. The van der Waals surface area contributed by atoms with Crippen molar-refractivity contribution in [1.29, 1.82) is 0 Å². The monoisotopic (exact) mass is 317 g/mol. The maximum atomic E-state index is 12.4. The Hall–Kier alpha value is -0.950. The standard InChI is InChI=1S/C14H27N3O3S/c1-3-9-17(11-4-7-15-8-5-11)14(20)16-12(13(18)19)6-10-21-2/h11-12,15H,3-10H2,1-2H3,(H,16,20)(H,18,19)/t12-/m1/s1. The summed E-state index contributed by atoms with van der Waals surface area (Å²) in [4.78, 5) is 25.5. The van der Waals surface area contributed by atoms with Gasteiger partial charge >= 0.3 is 12.0 Å². The van der Waals surface area contributed by atoms with Gasteiger partial charge in [-0.05, 0) is 50.8 Å². The fourth-order valence-corrected chi connectivity index (χ4v) is 3.01. The average molecular weight is 317 g/mol. The van der Waals surface area contributed by atoms with Gasteiger partial charge in [0.25, 0.3) is 0 Å². The first-order valence-electron chi connectivity index (χ1n) is 7.59. The van der Waals surface area contributed by atoms with E-state index >= 15 is 0 Å². The molecule has 0 spiro atoms. The summed E-state index contributed by atoms with van der Waals surface area (Å²) in [5, 5.41) is 15.2. The second-order valence-corrected chi connectivity index (χ2v) is 6.28. The van der Waals surface area contributed by atoms with Gasteiger partial charge in [-0.1, -0.05) is 6.92 Å². The van der Waals surface area contributed by atoms with Crippen molar-refractivity contribution < 1.29 is 14.7 Å². The Balaban J connectivity index is 2.63. The number of carboxylic acid groups (broad SMARTS) is 1. The molecule has 1 rings (SSSR count). The molecule has 3 N–H and O–H groups in total. The Labute approximate surface area is 131 Å². The van der Waals surface area contributed by atoms with E-state index in [1.807, 2.05) is 18.1 Å². The molecule has 1 saturated heterocycles. The molecule has 0 saturated carbocycles. The van der Waals surface area contributed by atoms with Gasteiger partial charge in [-0.3, -0.25) is 0 Å². The number of carboxylic acids is 1. The minimum Gasteiger partial charge on any atom is -0.480 e. The van der Waals surface area contributed by atoms with Crippen LogP contribution >= 0.6 is 11.8 Å². The maximum Gasteiger partial charge on any atom is 0.326 e. The zero-order valence-electron chi connectivity index (χ0n) is 12.9. The zero-order valence-corrected chi connectivity index (χ0v) is 13.7. The molecule has 0 aromatic rings. The van der Waals surface area contributed by atoms with Gasteiger partial charge in [0.15, 0.2) is 0 Å². The van der Waals surface area contributed by atoms with Crippen LogP contribution < -0.4 is 10.6 Å². The van der Waals surface area contributed by atoms with Gasteiger partial charge in [0, 0.05) is 12.6 Å². The van der Waals surface area contributed by atoms with Crippen molar-refractivity contribution in [2.75, 3.05) is 31.6 Å². The van der Waals surface area contributed by atoms with Crippen LogP contribution in [0.2, 0.25) is 0 Å². The van der Waals surface area contributed by atoms with Crippen LogP contribution in [0.5, 0.6) is 0 Å². The fourth-order valence-electron chi connectivity index (χ4n) is 2.53. The van der Waals surface area contributed by atoms with Crippen molar-refractivity contribution >= 4 is 23.8 Å². The van der Waals surface area contributed by atoms with Gasteiger partial charge in [0.1, 0.15) is 6.04 Å². The highest BCUT2D eigenvalue weighted by Gasteiger charge is 2.28. The third-order valence-electron chi connectivity index (χ3n) is 3.68. The minimum absolute atomic E-state index is 0.209. The molecule has 0 radical (unpaired) electrons. The van der Waals surface area contributed by atoms with Crippen LogP contribution in [0.3, 0.4) is 0 Å². The number of hydrogen-bond acceptors (Lipinski definition) is 4. The number of nitrogens with one attached hydrogen (secondary N) is 2. The molecule has 7 heteroatoms. The van der Waals surface area contributed by atoms with Crippen LogP contribution in [0, 0.1) is 0 Å². The highest BCUT2D eigenvalue weighted by molar-refractivity contribution is 7.98. The van der Waals surface area contributed by atoms with Crippen molar-refractivity contribution in [3.8, 4) is 0 Å². The number of hydrogen-bond donors (Lipinski definition) is 3. The van der Waals surface area contributed by atoms with Gasteiger partial charge < -0.3 is 20.6 Å². The van der Waals surface area contributed by atoms with Crippen LogP contribution in [0.1, 0.15) is 32.6 Å². The van der Waals surface area contributed by atoms with E-state index in [9.17, 15) is 14.7 Å². The molecule has 122 valence electrons. The van der Waals surface area contributed by atoms with Gasteiger partial charge in [-0.2, -0.15) is 11.8 Å². The van der Waals surface area contributed by atoms with Gasteiger partial charge in [0.2, 0.25) is 0 Å². The van der Waals surface area contributed by atoms with Crippen LogP contribution in [0.15, 0.2) is 0 Å². The molecule has 21 heavy (non-hydrogen) atoms. The third-order valence-corrected chi connectivity index (χ3v) is 4.33. The number of piperidine rings is 1. The molecule has 1 fully saturated rings. The number of nitrogens with zero attached hydrogens (tertiary/aromatic N) is 1. The Morgan fingerprint density at radius 3 is 2.62 bits per heavy atom. The lowest BCUT2D eigenvalue weighted by molar-refractivity contribution is -0.139. The third kappa shape index (κ3) is 6.13. The van der Waals surface area contributed by atoms with Gasteiger partial charge in [-0.15, -0.1) is 0 Å². The van der Waals surface area contributed by atoms with E-state index in [1.54, 1.807) is 11.8 Å². The van der Waals surface area contributed by atoms with Crippen molar-refractivity contribution in [3.05, 3.63) is 0 Å². The number of urea groups is 1. The number of carbonyl (C=O) groups is 2. The van der Waals surface area contributed by atoms with Gasteiger partial charge in [0.05, 0.1) is 0 Å². The zero-order chi connectivity index (χ0) is 15.7. The molecule has 0 aromatic heterocycles. The Morgan fingerprint density at radius 2 is 2.10 bits per heavy atom. The number of thioether (sulfide) groups is 1. The van der Waals surface area contributed by atoms with Crippen molar-refractivity contribution in [3.63, 3.8) is 0 Å². The topological polar surface area (TPSA) is 81.7 Å². The fraction of sp³-hybridized carbons (Fsp3) is 0.857. The molecular formula is C14H27N3O3S. The second kappa shape index (κ2) is 9.89. The van der Waals surface area contributed by atoms with Crippen LogP contribution in [0.4, 0.5) is 4.79 Å². The maximum absolute atomic E-state index is 12.4. The Morgan fingerprint density at radius 1 is 1.43 bits per heavy atom. The van der Waals surface area contributed by atoms with Gasteiger partial charge in [-0.25, -0.2) is 9.59 Å². The highest BCUT2D eigenvalue weighted by Crippen LogP contribution is 2.13. The molecule has 1 aliphatic rings. The first-order chi connectivity index (χ1) is 10.1. The SMILES string of the molecule is CCCN(C(=O)N[C@H](CCSC)C(=O)O)C1CCNCC1. The highest BCUT2D eigenvalue weighted by atomic mass is 32.2. The number of amides is 2. The van der Waals surface area contributed by atoms with Crippen molar-refractivity contribution in [1.82, 2.24) is 15.5 Å². The van der Waals surface area contributed by atoms with Crippen molar-refractivity contribution in [2.24, 2.45) is 0 Å². The number of carbonyl (C=O) groups excluding carboxylic acids is 1.